The van der Waals surface area contributed by atoms with Crippen LogP contribution in [0.25, 0.3) is 67.6 Å². The molecular formula is C92H108N16O12+2. The van der Waals surface area contributed by atoms with E-state index in [1.165, 1.54) is 19.3 Å². The minimum atomic E-state index is -0.118. The van der Waals surface area contributed by atoms with E-state index in [9.17, 15) is 19.2 Å². The molecule has 120 heavy (non-hydrogen) atoms. The third-order valence-corrected chi connectivity index (χ3v) is 22.8. The van der Waals surface area contributed by atoms with Crippen molar-refractivity contribution in [3.05, 3.63) is 211 Å². The van der Waals surface area contributed by atoms with Gasteiger partial charge in [0.15, 0.2) is 71.5 Å². The van der Waals surface area contributed by atoms with Gasteiger partial charge in [-0.2, -0.15) is 9.15 Å². The smallest absolute Gasteiger partial charge is 0.258 e. The van der Waals surface area contributed by atoms with Gasteiger partial charge in [0.25, 0.3) is 22.2 Å². The van der Waals surface area contributed by atoms with Gasteiger partial charge in [-0.1, -0.05) is 20.3 Å². The molecule has 0 radical (unpaired) electrons. The standard InChI is InChI=1S/C24H27N4O3.C24H30N4O3.C23H27N4O3.C21H24N4O3/c1-30-21-8-6-17(14-22(21)31-2)20-15-24(29)28-16-19(7-9-23(28)25-20)27-12-10-26(11-13-27)18-4-3-5-18;1-16(2)25-18-9-11-27(12-10-18)19-6-8-23-26-20(14-24(29)28(23)15-19)17-5-7-21(30-3)22(13-17)31-4;1-16(2)25-9-11-26(12-10-25)18-6-8-22-24-19(14-23(28)27(22)15-18)17-5-7-20(29-3)21(13-17)30-4;1-14-10-20-23-16(15-4-5-18(27-2)19(11-15)28-3)12-21(26)25(20)13-17(14)24-8-6-22-7-9-24/h6-9,12,14-16,18H,3-5,10-11,13H2,1-2H3;5-8,13-16,18,25H,9-12H2,1-4H3;5-8,11,13-16H,9-10,12H2,1-4H3;4-5,10-13,22H,6-9H2,1-3H3/q+1;;+1;. The second-order valence-electron chi connectivity index (χ2n) is 30.9. The minimum Gasteiger partial charge on any atom is -0.493 e. The molecule has 28 nitrogen and oxygen atoms in total. The SMILES string of the molecule is COc1ccc(-c2cc(=O)n3cc(N4CCC(NC(C)C)CC4)ccc3n2)cc1OC.COc1ccc(-c2cc(=O)n3cc(N4CCNCC4)c(C)cc3n2)cc1OC.COc1ccc(-c2cc(=O)n3cc([N+]4=CCN(C(C)C)CC4)ccc3n2)cc1OC.COc1ccc(-c2cc(=O)n3cc([N+]4=CCN(C5CCC5)CC4)ccc3n2)cc1OC. The quantitative estimate of drug-likeness (QED) is 0.0672. The molecule has 2 N–H and O–H groups in total. The Morgan fingerprint density at radius 1 is 0.408 bits per heavy atom. The van der Waals surface area contributed by atoms with E-state index in [1.807, 2.05) is 134 Å². The summed E-state index contributed by atoms with van der Waals surface area (Å²) in [6, 6.07) is 44.5. The summed E-state index contributed by atoms with van der Waals surface area (Å²) >= 11 is 0. The number of hydrogen-bond acceptors (Lipinski definition) is 22. The molecule has 4 aliphatic heterocycles. The number of piperazine rings is 1. The molecule has 5 aliphatic rings. The third kappa shape index (κ3) is 19.0. The van der Waals surface area contributed by atoms with Crippen molar-refractivity contribution in [2.75, 3.05) is 145 Å². The lowest BCUT2D eigenvalue weighted by Crippen LogP contribution is -2.47. The summed E-state index contributed by atoms with van der Waals surface area (Å²) in [5.41, 5.74) is 13.0. The van der Waals surface area contributed by atoms with Crippen LogP contribution in [0.1, 0.15) is 65.4 Å². The number of piperidine rings is 1. The van der Waals surface area contributed by atoms with Gasteiger partial charge in [0.2, 0.25) is 11.4 Å². The molecule has 0 atom stereocenters. The van der Waals surface area contributed by atoms with Gasteiger partial charge in [0.05, 0.1) is 130 Å². The Hall–Kier alpha value is -12.5. The van der Waals surface area contributed by atoms with Gasteiger partial charge in [0, 0.05) is 134 Å². The molecule has 626 valence electrons. The van der Waals surface area contributed by atoms with Crippen molar-refractivity contribution in [1.29, 1.82) is 0 Å². The van der Waals surface area contributed by atoms with Crippen molar-refractivity contribution < 1.29 is 47.0 Å². The zero-order valence-electron chi connectivity index (χ0n) is 70.7. The first-order chi connectivity index (χ1) is 58.2. The van der Waals surface area contributed by atoms with Crippen molar-refractivity contribution in [2.24, 2.45) is 0 Å². The normalized spacial score (nSPS) is 15.4. The van der Waals surface area contributed by atoms with Crippen LogP contribution in [0.2, 0.25) is 0 Å². The van der Waals surface area contributed by atoms with Crippen LogP contribution in [0.4, 0.5) is 22.7 Å². The maximum atomic E-state index is 12.9. The van der Waals surface area contributed by atoms with Gasteiger partial charge in [-0.3, -0.25) is 46.6 Å². The second kappa shape index (κ2) is 38.1. The summed E-state index contributed by atoms with van der Waals surface area (Å²) in [5.74, 6) is 4.97. The van der Waals surface area contributed by atoms with Crippen LogP contribution in [0.15, 0.2) is 183 Å². The number of hydrogen-bond donors (Lipinski definition) is 2. The molecule has 0 bridgehead atoms. The summed E-state index contributed by atoms with van der Waals surface area (Å²) in [4.78, 5) is 79.9. The number of nitrogens with one attached hydrogen (secondary N) is 2. The van der Waals surface area contributed by atoms with Gasteiger partial charge < -0.3 is 58.3 Å². The van der Waals surface area contributed by atoms with Crippen molar-refractivity contribution in [3.63, 3.8) is 0 Å². The topological polar surface area (TPSA) is 254 Å². The number of methoxy groups -OCH3 is 8. The van der Waals surface area contributed by atoms with E-state index in [0.29, 0.717) is 109 Å². The van der Waals surface area contributed by atoms with Crippen molar-refractivity contribution in [2.45, 2.75) is 90.9 Å². The third-order valence-electron chi connectivity index (χ3n) is 22.8. The van der Waals surface area contributed by atoms with Crippen LogP contribution in [-0.4, -0.2) is 229 Å². The van der Waals surface area contributed by atoms with E-state index in [2.05, 4.69) is 97.5 Å². The zero-order chi connectivity index (χ0) is 84.3. The molecule has 17 rings (SSSR count). The van der Waals surface area contributed by atoms with E-state index in [1.54, 1.807) is 98.7 Å². The predicted molar refractivity (Wildman–Crippen MR) is 471 cm³/mol. The fourth-order valence-corrected chi connectivity index (χ4v) is 15.9. The number of aromatic nitrogens is 8. The van der Waals surface area contributed by atoms with Crippen molar-refractivity contribution >= 4 is 57.8 Å². The number of nitrogens with zero attached hydrogens (tertiary/aromatic N) is 14. The second-order valence-corrected chi connectivity index (χ2v) is 30.9. The maximum absolute atomic E-state index is 12.9. The summed E-state index contributed by atoms with van der Waals surface area (Å²) in [5, 5.41) is 6.97. The first-order valence-corrected chi connectivity index (χ1v) is 40.9. The van der Waals surface area contributed by atoms with Crippen LogP contribution in [-0.2, 0) is 0 Å². The minimum absolute atomic E-state index is 0.104. The van der Waals surface area contributed by atoms with Gasteiger partial charge in [-0.25, -0.2) is 19.9 Å². The van der Waals surface area contributed by atoms with E-state index in [4.69, 9.17) is 52.8 Å². The van der Waals surface area contributed by atoms with E-state index < -0.39 is 0 Å². The van der Waals surface area contributed by atoms with Gasteiger partial charge in [-0.05, 0) is 155 Å². The number of fused-ring (bicyclic) bond motifs is 4. The largest absolute Gasteiger partial charge is 0.493 e. The summed E-state index contributed by atoms with van der Waals surface area (Å²) in [6.45, 7) is 22.3. The number of benzene rings is 4. The van der Waals surface area contributed by atoms with Gasteiger partial charge in [0.1, 0.15) is 22.6 Å². The summed E-state index contributed by atoms with van der Waals surface area (Å²) in [7, 11) is 12.7. The summed E-state index contributed by atoms with van der Waals surface area (Å²) < 4.78 is 53.6. The fourth-order valence-electron chi connectivity index (χ4n) is 15.9. The summed E-state index contributed by atoms with van der Waals surface area (Å²) in [6.07, 6.45) is 18.2. The monoisotopic (exact) mass is 1630 g/mol. The highest BCUT2D eigenvalue weighted by molar-refractivity contribution is 5.71. The Morgan fingerprint density at radius 2 is 0.808 bits per heavy atom. The van der Waals surface area contributed by atoms with Crippen LogP contribution >= 0.6 is 0 Å². The molecule has 8 aromatic heterocycles. The highest BCUT2D eigenvalue weighted by Gasteiger charge is 2.30. The van der Waals surface area contributed by atoms with E-state index in [-0.39, 0.29) is 22.2 Å². The molecule has 2 saturated heterocycles. The maximum Gasteiger partial charge on any atom is 0.258 e. The highest BCUT2D eigenvalue weighted by Crippen LogP contribution is 2.37. The Kier molecular flexibility index (Phi) is 26.6. The number of ether oxygens (including phenoxy) is 8. The van der Waals surface area contributed by atoms with Crippen LogP contribution in [0, 0.1) is 6.92 Å². The first kappa shape index (κ1) is 84.0. The van der Waals surface area contributed by atoms with Crippen LogP contribution in [0.3, 0.4) is 0 Å². The zero-order valence-corrected chi connectivity index (χ0v) is 70.7. The average molecular weight is 1630 g/mol. The molecule has 1 aliphatic carbocycles. The average Bonchev–Trinajstić information content (AvgIpc) is 0.801. The number of anilines is 2. The highest BCUT2D eigenvalue weighted by atomic mass is 16.5. The van der Waals surface area contributed by atoms with Crippen molar-refractivity contribution in [3.8, 4) is 91.0 Å². The molecule has 3 fully saturated rings. The molecule has 28 heteroatoms. The van der Waals surface area contributed by atoms with E-state index >= 15 is 0 Å². The Bertz CT molecular complexity index is 6020. The Balaban J connectivity index is 0.000000131. The fraction of sp³-hybridized carbons (Fsp3) is 0.370. The van der Waals surface area contributed by atoms with Crippen molar-refractivity contribution in [1.82, 2.24) is 58.0 Å². The molecule has 12 heterocycles. The predicted octanol–water partition coefficient (Wildman–Crippen LogP) is 11.2. The Labute approximate surface area is 697 Å². The molecule has 1 saturated carbocycles. The number of aryl methyl sites for hydroxylation is 1. The molecule has 4 aromatic carbocycles. The van der Waals surface area contributed by atoms with E-state index in [0.717, 1.165) is 148 Å². The Morgan fingerprint density at radius 3 is 1.18 bits per heavy atom. The molecule has 0 amide bonds. The molecular weight excluding hydrogens is 1520 g/mol. The van der Waals surface area contributed by atoms with Gasteiger partial charge >= 0.3 is 0 Å². The lowest BCUT2D eigenvalue weighted by molar-refractivity contribution is -0.444. The number of pyridine rings is 4. The molecule has 12 aromatic rings. The molecule has 0 spiro atoms. The lowest BCUT2D eigenvalue weighted by atomic mass is 9.91. The first-order valence-electron chi connectivity index (χ1n) is 40.9. The number of rotatable bonds is 20. The van der Waals surface area contributed by atoms with Gasteiger partial charge in [-0.15, -0.1) is 0 Å². The van der Waals surface area contributed by atoms with Crippen LogP contribution < -0.4 is 80.6 Å². The van der Waals surface area contributed by atoms with Crippen LogP contribution in [0.5, 0.6) is 46.0 Å². The molecule has 0 unspecified atom stereocenters. The lowest BCUT2D eigenvalue weighted by Gasteiger charge is -2.37.